The fraction of sp³-hybridized carbons (Fsp3) is 0.462. The lowest BCUT2D eigenvalue weighted by molar-refractivity contribution is 0.660. The van der Waals surface area contributed by atoms with E-state index >= 15 is 0 Å². The van der Waals surface area contributed by atoms with Gasteiger partial charge in [-0.2, -0.15) is 0 Å². The molecule has 0 saturated heterocycles. The molecular weight excluding hydrogens is 340 g/mol. The molecule has 0 nitrogen and oxygen atoms in total. The van der Waals surface area contributed by atoms with Gasteiger partial charge in [0.2, 0.25) is 0 Å². The maximum atomic E-state index is 3.92. The molecule has 2 aromatic rings. The molecule has 0 saturated carbocycles. The standard InChI is InChI=1S/C26H34Si/c1-18(2)27(19(3)4,20(5)6)17-16-21-12-11-15-24-25(21)22-13-9-10-14-23(22)26(24,7)8/h9-15,18-20H,1-8H3. The Morgan fingerprint density at radius 3 is 1.89 bits per heavy atom. The maximum Gasteiger partial charge on any atom is 0.146 e. The first-order valence-electron chi connectivity index (χ1n) is 10.4. The zero-order valence-corrected chi connectivity index (χ0v) is 19.3. The Morgan fingerprint density at radius 2 is 1.30 bits per heavy atom. The molecule has 1 aliphatic carbocycles. The van der Waals surface area contributed by atoms with Crippen LogP contribution in [0.3, 0.4) is 0 Å². The molecule has 0 bridgehead atoms. The van der Waals surface area contributed by atoms with Gasteiger partial charge in [0, 0.05) is 16.5 Å². The predicted molar refractivity (Wildman–Crippen MR) is 122 cm³/mol. The average Bonchev–Trinajstić information content (AvgIpc) is 2.83. The minimum atomic E-state index is -1.73. The fourth-order valence-electron chi connectivity index (χ4n) is 5.47. The van der Waals surface area contributed by atoms with Crippen molar-refractivity contribution < 1.29 is 0 Å². The molecule has 1 aliphatic rings. The fourth-order valence-corrected chi connectivity index (χ4v) is 10.7. The first kappa shape index (κ1) is 20.0. The molecule has 0 aliphatic heterocycles. The highest BCUT2D eigenvalue weighted by molar-refractivity contribution is 6.90. The lowest BCUT2D eigenvalue weighted by atomic mass is 9.82. The Bertz CT molecular complexity index is 882. The van der Waals surface area contributed by atoms with Gasteiger partial charge in [0.1, 0.15) is 8.07 Å². The molecule has 0 atom stereocenters. The lowest BCUT2D eigenvalue weighted by Crippen LogP contribution is -2.43. The maximum absolute atomic E-state index is 3.92. The van der Waals surface area contributed by atoms with Gasteiger partial charge in [-0.15, -0.1) is 5.54 Å². The third-order valence-electron chi connectivity index (χ3n) is 6.89. The zero-order valence-electron chi connectivity index (χ0n) is 18.3. The summed E-state index contributed by atoms with van der Waals surface area (Å²) in [5.41, 5.74) is 12.7. The third-order valence-corrected chi connectivity index (χ3v) is 13.2. The summed E-state index contributed by atoms with van der Waals surface area (Å²) < 4.78 is 0. The molecule has 27 heavy (non-hydrogen) atoms. The Labute approximate surface area is 167 Å². The SMILES string of the molecule is CC(C)[Si](C#Cc1cccc2c1-c1ccccc1C2(C)C)(C(C)C)C(C)C. The number of rotatable bonds is 3. The van der Waals surface area contributed by atoms with Crippen molar-refractivity contribution in [2.75, 3.05) is 0 Å². The topological polar surface area (TPSA) is 0 Å². The Hall–Kier alpha value is -1.78. The average molecular weight is 375 g/mol. The van der Waals surface area contributed by atoms with E-state index in [1.54, 1.807) is 0 Å². The molecule has 0 unspecified atom stereocenters. The van der Waals surface area contributed by atoms with Crippen molar-refractivity contribution in [3.63, 3.8) is 0 Å². The summed E-state index contributed by atoms with van der Waals surface area (Å²) in [6.07, 6.45) is 0. The van der Waals surface area contributed by atoms with Gasteiger partial charge in [0.15, 0.2) is 0 Å². The monoisotopic (exact) mass is 374 g/mol. The van der Waals surface area contributed by atoms with Crippen LogP contribution in [-0.4, -0.2) is 8.07 Å². The van der Waals surface area contributed by atoms with Crippen molar-refractivity contribution in [3.05, 3.63) is 59.2 Å². The molecule has 0 amide bonds. The van der Waals surface area contributed by atoms with Crippen LogP contribution in [-0.2, 0) is 5.41 Å². The van der Waals surface area contributed by atoms with E-state index in [0.29, 0.717) is 16.6 Å². The second-order valence-electron chi connectivity index (χ2n) is 9.55. The predicted octanol–water partition coefficient (Wildman–Crippen LogP) is 7.56. The minimum absolute atomic E-state index is 0.0479. The first-order valence-corrected chi connectivity index (χ1v) is 12.6. The van der Waals surface area contributed by atoms with Crippen LogP contribution in [0.2, 0.25) is 16.6 Å². The van der Waals surface area contributed by atoms with Gasteiger partial charge in [0.25, 0.3) is 0 Å². The van der Waals surface area contributed by atoms with Crippen LogP contribution in [0.4, 0.5) is 0 Å². The highest BCUT2D eigenvalue weighted by Gasteiger charge is 2.42. The number of fused-ring (bicyclic) bond motifs is 3. The Kier molecular flexibility index (Phi) is 5.17. The summed E-state index contributed by atoms with van der Waals surface area (Å²) in [4.78, 5) is 0. The van der Waals surface area contributed by atoms with Gasteiger partial charge < -0.3 is 0 Å². The minimum Gasteiger partial charge on any atom is -0.125 e. The first-order chi connectivity index (χ1) is 12.6. The van der Waals surface area contributed by atoms with Crippen LogP contribution in [0.15, 0.2) is 42.5 Å². The van der Waals surface area contributed by atoms with E-state index in [1.807, 2.05) is 0 Å². The molecule has 3 rings (SSSR count). The zero-order chi connectivity index (χ0) is 20.0. The summed E-state index contributed by atoms with van der Waals surface area (Å²) >= 11 is 0. The summed E-state index contributed by atoms with van der Waals surface area (Å²) in [6, 6.07) is 15.6. The second-order valence-corrected chi connectivity index (χ2v) is 15.1. The van der Waals surface area contributed by atoms with Gasteiger partial charge in [-0.3, -0.25) is 0 Å². The largest absolute Gasteiger partial charge is 0.146 e. The van der Waals surface area contributed by atoms with Crippen molar-refractivity contribution in [2.24, 2.45) is 0 Å². The van der Waals surface area contributed by atoms with E-state index < -0.39 is 8.07 Å². The van der Waals surface area contributed by atoms with E-state index in [4.69, 9.17) is 0 Å². The van der Waals surface area contributed by atoms with E-state index in [9.17, 15) is 0 Å². The molecular formula is C26H34Si. The normalized spacial score (nSPS) is 14.9. The third kappa shape index (κ3) is 2.99. The smallest absolute Gasteiger partial charge is 0.125 e. The van der Waals surface area contributed by atoms with Gasteiger partial charge in [-0.05, 0) is 39.4 Å². The van der Waals surface area contributed by atoms with Gasteiger partial charge >= 0.3 is 0 Å². The van der Waals surface area contributed by atoms with Crippen molar-refractivity contribution >= 4 is 8.07 Å². The van der Waals surface area contributed by atoms with Crippen molar-refractivity contribution in [1.82, 2.24) is 0 Å². The van der Waals surface area contributed by atoms with Gasteiger partial charge in [-0.25, -0.2) is 0 Å². The summed E-state index contributed by atoms with van der Waals surface area (Å²) in [7, 11) is -1.73. The quantitative estimate of drug-likeness (QED) is 0.384. The summed E-state index contributed by atoms with van der Waals surface area (Å²) in [5.74, 6) is 3.72. The highest BCUT2D eigenvalue weighted by Crippen LogP contribution is 2.49. The molecule has 0 spiro atoms. The summed E-state index contributed by atoms with van der Waals surface area (Å²) in [5, 5.41) is 0. The van der Waals surface area contributed by atoms with E-state index in [0.717, 1.165) is 0 Å². The van der Waals surface area contributed by atoms with Crippen molar-refractivity contribution in [2.45, 2.75) is 77.4 Å². The Morgan fingerprint density at radius 1 is 0.741 bits per heavy atom. The van der Waals surface area contributed by atoms with Crippen LogP contribution < -0.4 is 0 Å². The van der Waals surface area contributed by atoms with E-state index in [2.05, 4.69) is 109 Å². The molecule has 2 aromatic carbocycles. The van der Waals surface area contributed by atoms with Crippen LogP contribution in [0.25, 0.3) is 11.1 Å². The van der Waals surface area contributed by atoms with E-state index in [1.165, 1.54) is 27.8 Å². The second kappa shape index (κ2) is 6.99. The van der Waals surface area contributed by atoms with Crippen molar-refractivity contribution in [3.8, 4) is 22.6 Å². The molecule has 0 radical (unpaired) electrons. The Balaban J connectivity index is 2.23. The molecule has 142 valence electrons. The summed E-state index contributed by atoms with van der Waals surface area (Å²) in [6.45, 7) is 19.0. The molecule has 1 heteroatoms. The highest BCUT2D eigenvalue weighted by atomic mass is 28.3. The van der Waals surface area contributed by atoms with Crippen LogP contribution in [0, 0.1) is 11.5 Å². The number of hydrogen-bond donors (Lipinski definition) is 0. The number of benzene rings is 2. The van der Waals surface area contributed by atoms with Crippen LogP contribution in [0.5, 0.6) is 0 Å². The van der Waals surface area contributed by atoms with Gasteiger partial charge in [0.05, 0.1) is 0 Å². The number of hydrogen-bond acceptors (Lipinski definition) is 0. The molecule has 0 heterocycles. The van der Waals surface area contributed by atoms with Crippen molar-refractivity contribution in [1.29, 1.82) is 0 Å². The molecule has 0 N–H and O–H groups in total. The van der Waals surface area contributed by atoms with Crippen LogP contribution in [0.1, 0.15) is 72.1 Å². The van der Waals surface area contributed by atoms with Crippen LogP contribution >= 0.6 is 0 Å². The molecule has 0 aromatic heterocycles. The molecule has 0 fully saturated rings. The lowest BCUT2D eigenvalue weighted by Gasteiger charge is -2.38. The van der Waals surface area contributed by atoms with E-state index in [-0.39, 0.29) is 5.41 Å². The van der Waals surface area contributed by atoms with Gasteiger partial charge in [-0.1, -0.05) is 97.7 Å².